The molecule has 4 rings (SSSR count). The van der Waals surface area contributed by atoms with Gasteiger partial charge < -0.3 is 0 Å². The Morgan fingerprint density at radius 3 is 1.57 bits per heavy atom. The Labute approximate surface area is 256 Å². The molecule has 1 heterocycles. The zero-order valence-corrected chi connectivity index (χ0v) is 27.8. The molecule has 2 nitrogen and oxygen atoms in total. The van der Waals surface area contributed by atoms with Gasteiger partial charge in [-0.25, -0.2) is 0 Å². The van der Waals surface area contributed by atoms with Crippen molar-refractivity contribution in [1.82, 2.24) is 0 Å². The van der Waals surface area contributed by atoms with E-state index in [0.29, 0.717) is 41.2 Å². The molecule has 3 aromatic rings. The molecule has 0 amide bonds. The molecule has 0 spiro atoms. The third kappa shape index (κ3) is 6.65. The van der Waals surface area contributed by atoms with Crippen LogP contribution in [-0.2, 0) is 17.5 Å². The Hall–Kier alpha value is -2.18. The van der Waals surface area contributed by atoms with Crippen LogP contribution in [0.4, 0.5) is 11.4 Å². The van der Waals surface area contributed by atoms with Gasteiger partial charge in [-0.15, -0.1) is 0 Å². The second kappa shape index (κ2) is 13.7. The average molecular weight is 649 g/mol. The van der Waals surface area contributed by atoms with Gasteiger partial charge >= 0.3 is 257 Å². The third-order valence-corrected chi connectivity index (χ3v) is 9.97. The molecule has 1 fully saturated rings. The number of nitrogens with zero attached hydrogens (tertiary/aromatic N) is 2. The van der Waals surface area contributed by atoms with E-state index in [1.165, 1.54) is 37.9 Å². The molecular formula is C36H46ClN2Pd-. The van der Waals surface area contributed by atoms with E-state index in [-0.39, 0.29) is 0 Å². The maximum atomic E-state index is 6.78. The topological polar surface area (TPSA) is 6.48 Å². The second-order valence-electron chi connectivity index (χ2n) is 11.9. The van der Waals surface area contributed by atoms with Gasteiger partial charge in [0, 0.05) is 0 Å². The van der Waals surface area contributed by atoms with Gasteiger partial charge in [-0.3, -0.25) is 0 Å². The molecule has 0 bridgehead atoms. The molecule has 3 aromatic carbocycles. The van der Waals surface area contributed by atoms with Gasteiger partial charge in [-0.2, -0.15) is 0 Å². The first-order valence-corrected chi connectivity index (χ1v) is 17.0. The van der Waals surface area contributed by atoms with E-state index >= 15 is 0 Å². The van der Waals surface area contributed by atoms with E-state index in [0.717, 1.165) is 28.6 Å². The van der Waals surface area contributed by atoms with E-state index in [1.807, 2.05) is 6.07 Å². The Morgan fingerprint density at radius 2 is 1.15 bits per heavy atom. The van der Waals surface area contributed by atoms with Gasteiger partial charge in [0.05, 0.1) is 0 Å². The fraction of sp³-hybridized carbons (Fsp3) is 0.417. The number of hydrogen-bond donors (Lipinski definition) is 0. The number of benzene rings is 3. The summed E-state index contributed by atoms with van der Waals surface area (Å²) in [4.78, 5) is 6.20. The van der Waals surface area contributed by atoms with Crippen LogP contribution in [-0.4, -0.2) is 17.3 Å². The minimum absolute atomic E-state index is 0.348. The van der Waals surface area contributed by atoms with Crippen molar-refractivity contribution in [2.75, 3.05) is 22.9 Å². The molecule has 0 N–H and O–H groups in total. The summed E-state index contributed by atoms with van der Waals surface area (Å²) in [6.07, 6.45) is 2.22. The number of hydrogen-bond acceptors (Lipinski definition) is 2. The summed E-state index contributed by atoms with van der Waals surface area (Å²) in [5.41, 5.74) is 9.75. The van der Waals surface area contributed by atoms with Crippen molar-refractivity contribution in [3.05, 3.63) is 101 Å². The van der Waals surface area contributed by atoms with Crippen LogP contribution in [0, 0.1) is 0 Å². The molecule has 218 valence electrons. The van der Waals surface area contributed by atoms with Gasteiger partial charge in [0.1, 0.15) is 0 Å². The monoisotopic (exact) mass is 647 g/mol. The molecule has 1 aliphatic heterocycles. The standard InChI is InChI=1S/C27H38N2.C9H8Cl.Pd/c1-18(2)22-11-9-13-24(26(22)20(5)6)28-15-16-29(17-28)25-14-10-12-23(19(3)4)27(25)21(7)8;1-2-9(10)8-6-4-3-5-7-8;/h9-14,18-21H,15-16H2,1-8H3;2-7H,1H2;/q;;-1. The Morgan fingerprint density at radius 1 is 0.675 bits per heavy atom. The average Bonchev–Trinajstić information content (AvgIpc) is 3.35. The van der Waals surface area contributed by atoms with Crippen molar-refractivity contribution < 1.29 is 17.5 Å². The molecule has 0 unspecified atom stereocenters. The van der Waals surface area contributed by atoms with Crippen LogP contribution in [0.3, 0.4) is 0 Å². The fourth-order valence-corrected chi connectivity index (χ4v) is 8.25. The van der Waals surface area contributed by atoms with Crippen LogP contribution in [0.15, 0.2) is 72.8 Å². The number of rotatable bonds is 9. The molecule has 0 atom stereocenters. The summed E-state index contributed by atoms with van der Waals surface area (Å²) in [6.45, 7) is 20.6. The maximum absolute atomic E-state index is 6.78. The van der Waals surface area contributed by atoms with Crippen molar-refractivity contribution in [2.45, 2.75) is 84.0 Å². The summed E-state index contributed by atoms with van der Waals surface area (Å²) >= 11 is 7.12. The van der Waals surface area contributed by atoms with E-state index in [1.54, 1.807) is 0 Å². The summed E-state index contributed by atoms with van der Waals surface area (Å²) in [5, 5.41) is 0.838. The predicted octanol–water partition coefficient (Wildman–Crippen LogP) is 10.4. The van der Waals surface area contributed by atoms with Crippen LogP contribution in [0.25, 0.3) is 5.03 Å². The SMILES string of the molecule is CC(C)c1cccc(N2CCN(c3cccc(C(C)C)c3C(C)C)[C]2=[Pd-][CH2]C=C(Cl)c2ccccc2)c1C(C)C. The summed E-state index contributed by atoms with van der Waals surface area (Å²) < 4.78 is 1.42. The van der Waals surface area contributed by atoms with Gasteiger partial charge in [0.2, 0.25) is 0 Å². The Balaban J connectivity index is 1.85. The zero-order valence-electron chi connectivity index (χ0n) is 25.4. The van der Waals surface area contributed by atoms with Crippen LogP contribution < -0.4 is 9.80 Å². The second-order valence-corrected chi connectivity index (χ2v) is 14.2. The van der Waals surface area contributed by atoms with Crippen LogP contribution in [0.1, 0.15) is 107 Å². The van der Waals surface area contributed by atoms with Crippen molar-refractivity contribution in [3.63, 3.8) is 0 Å². The van der Waals surface area contributed by atoms with Crippen molar-refractivity contribution in [3.8, 4) is 0 Å². The number of anilines is 2. The van der Waals surface area contributed by atoms with Crippen molar-refractivity contribution in [1.29, 1.82) is 0 Å². The summed E-state index contributed by atoms with van der Waals surface area (Å²) in [5.74, 6) is 1.90. The van der Waals surface area contributed by atoms with E-state index in [4.69, 9.17) is 11.6 Å². The van der Waals surface area contributed by atoms with E-state index < -0.39 is 0 Å². The van der Waals surface area contributed by atoms with Crippen LogP contribution in [0.2, 0.25) is 4.89 Å². The van der Waals surface area contributed by atoms with Crippen LogP contribution >= 0.6 is 11.6 Å². The first kappa shape index (κ1) is 30.8. The third-order valence-electron chi connectivity index (χ3n) is 7.63. The molecule has 1 aliphatic rings. The molecule has 0 aromatic heterocycles. The molecular weight excluding hydrogens is 602 g/mol. The molecule has 0 aliphatic carbocycles. The fourth-order valence-electron chi connectivity index (χ4n) is 5.80. The van der Waals surface area contributed by atoms with Crippen LogP contribution in [0.5, 0.6) is 0 Å². The van der Waals surface area contributed by atoms with Gasteiger partial charge in [0.15, 0.2) is 0 Å². The molecule has 0 radical (unpaired) electrons. The predicted molar refractivity (Wildman–Crippen MR) is 174 cm³/mol. The quantitative estimate of drug-likeness (QED) is 0.213. The van der Waals surface area contributed by atoms with Gasteiger partial charge in [-0.05, 0) is 0 Å². The minimum atomic E-state index is 0.348. The molecule has 0 saturated carbocycles. The summed E-state index contributed by atoms with van der Waals surface area (Å²) in [7, 11) is 0. The molecule has 40 heavy (non-hydrogen) atoms. The zero-order chi connectivity index (χ0) is 29.0. The molecule has 4 heteroatoms. The number of allylic oxidation sites excluding steroid dienone is 1. The van der Waals surface area contributed by atoms with Gasteiger partial charge in [-0.1, -0.05) is 0 Å². The van der Waals surface area contributed by atoms with Crippen molar-refractivity contribution in [2.24, 2.45) is 0 Å². The van der Waals surface area contributed by atoms with Crippen molar-refractivity contribution >= 4 is 32.2 Å². The van der Waals surface area contributed by atoms with Gasteiger partial charge in [0.25, 0.3) is 0 Å². The van der Waals surface area contributed by atoms with E-state index in [9.17, 15) is 0 Å². The Kier molecular flexibility index (Phi) is 10.5. The van der Waals surface area contributed by atoms with E-state index in [2.05, 4.69) is 132 Å². The summed E-state index contributed by atoms with van der Waals surface area (Å²) in [6, 6.07) is 24.2. The number of halogens is 1. The first-order valence-electron chi connectivity index (χ1n) is 14.7. The molecule has 1 saturated heterocycles. The Bertz CT molecular complexity index is 1280. The normalized spacial score (nSPS) is 14.6. The first-order chi connectivity index (χ1) is 19.1.